The summed E-state index contributed by atoms with van der Waals surface area (Å²) in [6.45, 7) is 15.5. The second-order valence-electron chi connectivity index (χ2n) is 8.79. The van der Waals surface area contributed by atoms with Crippen molar-refractivity contribution >= 4 is 12.4 Å². The monoisotopic (exact) mass is 380 g/mol. The molecule has 1 unspecified atom stereocenters. The first-order valence-corrected chi connectivity index (χ1v) is 9.91. The van der Waals surface area contributed by atoms with Crippen LogP contribution in [0.1, 0.15) is 25.8 Å². The van der Waals surface area contributed by atoms with E-state index in [1.54, 1.807) is 0 Å². The third-order valence-electron chi connectivity index (χ3n) is 5.56. The highest BCUT2D eigenvalue weighted by Crippen LogP contribution is 2.24. The zero-order valence-electron chi connectivity index (χ0n) is 16.8. The fraction of sp³-hybridized carbons (Fsp3) is 0.714. The number of nitrogens with zero attached hydrogens (tertiary/aromatic N) is 3. The number of piperazine rings is 1. The molecule has 0 aliphatic carbocycles. The van der Waals surface area contributed by atoms with Crippen LogP contribution in [-0.4, -0.2) is 80.1 Å². The van der Waals surface area contributed by atoms with Gasteiger partial charge in [-0.15, -0.1) is 12.4 Å². The Bertz CT molecular complexity index is 516. The average Bonchev–Trinajstić information content (AvgIpc) is 3.03. The third-order valence-corrected chi connectivity index (χ3v) is 5.56. The number of hydrogen-bond acceptors (Lipinski definition) is 4. The molecule has 2 saturated heterocycles. The standard InChI is InChI=1S/C21H36N4.ClH/c1-21(2,17-23(3)15-19-7-5-4-6-8-19)18-24-12-9-20(16-24)25-13-10-22-11-14-25;/h4-8,20,22H,9-18H2,1-3H3;1H. The molecule has 4 nitrogen and oxygen atoms in total. The van der Waals surface area contributed by atoms with E-state index in [0.717, 1.165) is 32.2 Å². The molecule has 3 rings (SSSR count). The highest BCUT2D eigenvalue weighted by molar-refractivity contribution is 5.85. The number of hydrogen-bond donors (Lipinski definition) is 1. The average molecular weight is 381 g/mol. The van der Waals surface area contributed by atoms with Gasteiger partial charge >= 0.3 is 0 Å². The normalized spacial score (nSPS) is 22.5. The maximum atomic E-state index is 3.47. The van der Waals surface area contributed by atoms with E-state index >= 15 is 0 Å². The summed E-state index contributed by atoms with van der Waals surface area (Å²) in [6.07, 6.45) is 1.34. The van der Waals surface area contributed by atoms with E-state index in [9.17, 15) is 0 Å². The van der Waals surface area contributed by atoms with E-state index in [2.05, 4.69) is 71.2 Å². The molecular weight excluding hydrogens is 344 g/mol. The summed E-state index contributed by atoms with van der Waals surface area (Å²) in [7, 11) is 2.25. The van der Waals surface area contributed by atoms with Gasteiger partial charge in [0, 0.05) is 58.4 Å². The van der Waals surface area contributed by atoms with Gasteiger partial charge in [0.05, 0.1) is 0 Å². The molecule has 26 heavy (non-hydrogen) atoms. The Balaban J connectivity index is 0.00000243. The number of rotatable bonds is 7. The molecule has 1 N–H and O–H groups in total. The van der Waals surface area contributed by atoms with Gasteiger partial charge in [0.25, 0.3) is 0 Å². The molecule has 2 aliphatic rings. The van der Waals surface area contributed by atoms with Gasteiger partial charge in [-0.05, 0) is 31.0 Å². The summed E-state index contributed by atoms with van der Waals surface area (Å²) in [5, 5.41) is 3.47. The van der Waals surface area contributed by atoms with Crippen LogP contribution in [0.4, 0.5) is 0 Å². The SMILES string of the molecule is CN(Cc1ccccc1)CC(C)(C)CN1CCC(N2CCNCC2)C1.Cl. The summed E-state index contributed by atoms with van der Waals surface area (Å²) in [4.78, 5) is 7.87. The molecule has 0 saturated carbocycles. The van der Waals surface area contributed by atoms with Crippen LogP contribution in [0, 0.1) is 5.41 Å². The van der Waals surface area contributed by atoms with Crippen LogP contribution in [0.15, 0.2) is 30.3 Å². The quantitative estimate of drug-likeness (QED) is 0.784. The zero-order valence-corrected chi connectivity index (χ0v) is 17.6. The van der Waals surface area contributed by atoms with E-state index < -0.39 is 0 Å². The highest BCUT2D eigenvalue weighted by Gasteiger charge is 2.32. The lowest BCUT2D eigenvalue weighted by molar-refractivity contribution is 0.130. The van der Waals surface area contributed by atoms with Crippen LogP contribution in [0.25, 0.3) is 0 Å². The van der Waals surface area contributed by atoms with Crippen molar-refractivity contribution in [2.45, 2.75) is 32.9 Å². The second kappa shape index (κ2) is 10.0. The number of likely N-dealkylation sites (tertiary alicyclic amines) is 1. The minimum absolute atomic E-state index is 0. The fourth-order valence-corrected chi connectivity index (χ4v) is 4.64. The first-order valence-electron chi connectivity index (χ1n) is 9.91. The van der Waals surface area contributed by atoms with Gasteiger partial charge in [0.15, 0.2) is 0 Å². The predicted molar refractivity (Wildman–Crippen MR) is 113 cm³/mol. The molecular formula is C21H37ClN4. The molecule has 0 amide bonds. The summed E-state index contributed by atoms with van der Waals surface area (Å²) >= 11 is 0. The molecule has 1 aromatic rings. The smallest absolute Gasteiger partial charge is 0.0236 e. The first-order chi connectivity index (χ1) is 12.0. The molecule has 1 atom stereocenters. The van der Waals surface area contributed by atoms with Crippen molar-refractivity contribution in [1.82, 2.24) is 20.0 Å². The summed E-state index contributed by atoms with van der Waals surface area (Å²) < 4.78 is 0. The third kappa shape index (κ3) is 6.50. The van der Waals surface area contributed by atoms with Crippen molar-refractivity contribution in [3.05, 3.63) is 35.9 Å². The number of nitrogens with one attached hydrogen (secondary N) is 1. The lowest BCUT2D eigenvalue weighted by Crippen LogP contribution is -2.49. The highest BCUT2D eigenvalue weighted by atomic mass is 35.5. The van der Waals surface area contributed by atoms with Crippen molar-refractivity contribution < 1.29 is 0 Å². The summed E-state index contributed by atoms with van der Waals surface area (Å²) in [6, 6.07) is 11.6. The lowest BCUT2D eigenvalue weighted by Gasteiger charge is -2.35. The Labute approximate surface area is 166 Å². The van der Waals surface area contributed by atoms with Gasteiger partial charge in [-0.3, -0.25) is 4.90 Å². The van der Waals surface area contributed by atoms with Crippen LogP contribution in [0.5, 0.6) is 0 Å². The molecule has 2 aliphatic heterocycles. The van der Waals surface area contributed by atoms with E-state index in [1.807, 2.05) is 0 Å². The van der Waals surface area contributed by atoms with Gasteiger partial charge in [-0.25, -0.2) is 0 Å². The molecule has 5 heteroatoms. The van der Waals surface area contributed by atoms with Crippen molar-refractivity contribution in [3.63, 3.8) is 0 Å². The van der Waals surface area contributed by atoms with E-state index in [-0.39, 0.29) is 12.4 Å². The second-order valence-corrected chi connectivity index (χ2v) is 8.79. The molecule has 0 aromatic heterocycles. The molecule has 1 aromatic carbocycles. The maximum Gasteiger partial charge on any atom is 0.0236 e. The van der Waals surface area contributed by atoms with E-state index in [4.69, 9.17) is 0 Å². The first kappa shape index (κ1) is 21.6. The van der Waals surface area contributed by atoms with Crippen molar-refractivity contribution in [3.8, 4) is 0 Å². The van der Waals surface area contributed by atoms with Crippen molar-refractivity contribution in [2.24, 2.45) is 5.41 Å². The molecule has 2 fully saturated rings. The fourth-order valence-electron chi connectivity index (χ4n) is 4.64. The topological polar surface area (TPSA) is 21.8 Å². The van der Waals surface area contributed by atoms with Gasteiger partial charge in [-0.1, -0.05) is 44.2 Å². The van der Waals surface area contributed by atoms with Crippen LogP contribution in [0.2, 0.25) is 0 Å². The Morgan fingerprint density at radius 3 is 2.50 bits per heavy atom. The maximum absolute atomic E-state index is 3.47. The van der Waals surface area contributed by atoms with Crippen molar-refractivity contribution in [2.75, 3.05) is 59.4 Å². The Morgan fingerprint density at radius 2 is 1.81 bits per heavy atom. The molecule has 0 bridgehead atoms. The van der Waals surface area contributed by atoms with Crippen molar-refractivity contribution in [1.29, 1.82) is 0 Å². The predicted octanol–water partition coefficient (Wildman–Crippen LogP) is 2.55. The largest absolute Gasteiger partial charge is 0.314 e. The lowest BCUT2D eigenvalue weighted by atomic mass is 9.92. The zero-order chi connectivity index (χ0) is 17.7. The number of benzene rings is 1. The van der Waals surface area contributed by atoms with Crippen LogP contribution in [-0.2, 0) is 6.54 Å². The number of halogens is 1. The van der Waals surface area contributed by atoms with Gasteiger partial charge in [0.2, 0.25) is 0 Å². The summed E-state index contributed by atoms with van der Waals surface area (Å²) in [5.41, 5.74) is 1.72. The van der Waals surface area contributed by atoms with Gasteiger partial charge in [-0.2, -0.15) is 0 Å². The Kier molecular flexibility index (Phi) is 8.37. The van der Waals surface area contributed by atoms with E-state index in [1.165, 1.54) is 44.7 Å². The molecule has 2 heterocycles. The summed E-state index contributed by atoms with van der Waals surface area (Å²) in [5.74, 6) is 0. The van der Waals surface area contributed by atoms with Gasteiger partial charge in [0.1, 0.15) is 0 Å². The minimum Gasteiger partial charge on any atom is -0.314 e. The van der Waals surface area contributed by atoms with Crippen LogP contribution < -0.4 is 5.32 Å². The molecule has 0 radical (unpaired) electrons. The van der Waals surface area contributed by atoms with Crippen LogP contribution >= 0.6 is 12.4 Å². The van der Waals surface area contributed by atoms with Gasteiger partial charge < -0.3 is 15.1 Å². The van der Waals surface area contributed by atoms with E-state index in [0.29, 0.717) is 5.41 Å². The molecule has 0 spiro atoms. The Morgan fingerprint density at radius 1 is 1.12 bits per heavy atom. The van der Waals surface area contributed by atoms with Crippen LogP contribution in [0.3, 0.4) is 0 Å². The Hall–Kier alpha value is -0.650. The molecule has 148 valence electrons. The minimum atomic E-state index is 0.